The second-order valence-electron chi connectivity index (χ2n) is 11.1. The highest BCUT2D eigenvalue weighted by Crippen LogP contribution is 2.33. The van der Waals surface area contributed by atoms with Crippen molar-refractivity contribution in [3.8, 4) is 0 Å². The van der Waals surface area contributed by atoms with Crippen LogP contribution in [0.1, 0.15) is 26.3 Å². The molecular weight excluding hydrogens is 739 g/mol. The molecule has 1 unspecified atom stereocenters. The first kappa shape index (κ1) is 36.0. The fourth-order valence-corrected chi connectivity index (χ4v) is 7.24. The predicted octanol–water partition coefficient (Wildman–Crippen LogP) is 6.58. The van der Waals surface area contributed by atoms with Gasteiger partial charge in [0.15, 0.2) is 11.8 Å². The van der Waals surface area contributed by atoms with Crippen LogP contribution in [0.2, 0.25) is 0 Å². The molecule has 1 aliphatic rings. The van der Waals surface area contributed by atoms with E-state index in [1.165, 1.54) is 60.7 Å². The van der Waals surface area contributed by atoms with Gasteiger partial charge in [0.1, 0.15) is 9.80 Å². The standard InChI is InChI=1S/C33H23N5O11S3/c39-32-27-4-2-1-3-26(27)31(52(47,48)49)18-29(32)38-36-22-8-5-19(6-9-22)33(40)34-21-11-13-23(14-12-21)35-37-24-10-7-20-15-25(50(41,42)43)17-30(28(20)16-24)51(44,45)46/h1-18,29H,(H,34,40)(H,41,42,43)(H,44,45,46)(H,47,48,49)/b37-35+,38-36+. The van der Waals surface area contributed by atoms with Crippen molar-refractivity contribution in [2.45, 2.75) is 15.8 Å². The van der Waals surface area contributed by atoms with E-state index in [1.54, 1.807) is 30.3 Å². The summed E-state index contributed by atoms with van der Waals surface area (Å²) >= 11 is 0. The Hall–Kier alpha value is -5.83. The zero-order valence-corrected chi connectivity index (χ0v) is 28.5. The van der Waals surface area contributed by atoms with Gasteiger partial charge in [0.05, 0.1) is 22.0 Å². The highest BCUT2D eigenvalue weighted by atomic mass is 32.2. The van der Waals surface area contributed by atoms with Crippen LogP contribution in [-0.2, 0) is 30.4 Å². The molecule has 264 valence electrons. The van der Waals surface area contributed by atoms with E-state index in [0.29, 0.717) is 17.4 Å². The van der Waals surface area contributed by atoms with E-state index in [9.17, 15) is 48.5 Å². The van der Waals surface area contributed by atoms with Crippen LogP contribution in [0.3, 0.4) is 0 Å². The van der Waals surface area contributed by atoms with Gasteiger partial charge in [-0.3, -0.25) is 23.2 Å². The quantitative estimate of drug-likeness (QED) is 0.0921. The van der Waals surface area contributed by atoms with Crippen molar-refractivity contribution < 1.29 is 48.5 Å². The first-order valence-electron chi connectivity index (χ1n) is 14.7. The number of nitrogens with one attached hydrogen (secondary N) is 1. The average Bonchev–Trinajstić information content (AvgIpc) is 3.09. The zero-order chi connectivity index (χ0) is 37.4. The molecule has 16 nitrogen and oxygen atoms in total. The van der Waals surface area contributed by atoms with Crippen molar-refractivity contribution in [3.63, 3.8) is 0 Å². The Balaban J connectivity index is 1.12. The smallest absolute Gasteiger partial charge is 0.295 e. The Bertz CT molecular complexity index is 2710. The Labute approximate surface area is 295 Å². The number of anilines is 1. The summed E-state index contributed by atoms with van der Waals surface area (Å²) in [5.41, 5.74) is 1.58. The van der Waals surface area contributed by atoms with Gasteiger partial charge in [0.2, 0.25) is 0 Å². The molecule has 1 aliphatic carbocycles. The molecule has 0 radical (unpaired) electrons. The second kappa shape index (κ2) is 13.7. The number of hydrogen-bond donors (Lipinski definition) is 4. The number of ketones is 1. The maximum atomic E-state index is 12.9. The number of carbonyl (C=O) groups is 2. The first-order valence-corrected chi connectivity index (χ1v) is 19.0. The van der Waals surface area contributed by atoms with Gasteiger partial charge in [-0.25, -0.2) is 0 Å². The van der Waals surface area contributed by atoms with Crippen LogP contribution in [0.25, 0.3) is 15.7 Å². The normalized spacial score (nSPS) is 15.2. The summed E-state index contributed by atoms with van der Waals surface area (Å²) < 4.78 is 99.5. The predicted molar refractivity (Wildman–Crippen MR) is 187 cm³/mol. The molecule has 0 aliphatic heterocycles. The molecule has 0 fully saturated rings. The lowest BCUT2D eigenvalue weighted by Gasteiger charge is -2.18. The van der Waals surface area contributed by atoms with Crippen molar-refractivity contribution in [1.82, 2.24) is 0 Å². The van der Waals surface area contributed by atoms with E-state index in [1.807, 2.05) is 0 Å². The fourth-order valence-electron chi connectivity index (χ4n) is 5.14. The molecule has 0 spiro atoms. The molecule has 4 N–H and O–H groups in total. The lowest BCUT2D eigenvalue weighted by atomic mass is 9.93. The van der Waals surface area contributed by atoms with Crippen molar-refractivity contribution in [3.05, 3.63) is 126 Å². The van der Waals surface area contributed by atoms with Crippen LogP contribution in [0.5, 0.6) is 0 Å². The largest absolute Gasteiger partial charge is 0.322 e. The maximum Gasteiger partial charge on any atom is 0.295 e. The van der Waals surface area contributed by atoms with Crippen LogP contribution >= 0.6 is 0 Å². The summed E-state index contributed by atoms with van der Waals surface area (Å²) in [7, 11) is -14.3. The molecule has 5 aromatic carbocycles. The minimum atomic E-state index is -4.88. The van der Waals surface area contributed by atoms with Crippen LogP contribution in [0, 0.1) is 0 Å². The van der Waals surface area contributed by atoms with E-state index in [4.69, 9.17) is 0 Å². The third kappa shape index (κ3) is 7.89. The Kier molecular flexibility index (Phi) is 9.49. The number of carbonyl (C=O) groups excluding carboxylic acids is 2. The lowest BCUT2D eigenvalue weighted by molar-refractivity contribution is 0.0974. The second-order valence-corrected chi connectivity index (χ2v) is 15.3. The number of hydrogen-bond acceptors (Lipinski definition) is 12. The molecule has 0 bridgehead atoms. The molecule has 0 saturated carbocycles. The summed E-state index contributed by atoms with van der Waals surface area (Å²) in [5, 5.41) is 18.9. The van der Waals surface area contributed by atoms with E-state index < -0.39 is 62.8 Å². The molecular formula is C33H23N5O11S3. The molecule has 52 heavy (non-hydrogen) atoms. The van der Waals surface area contributed by atoms with Crippen molar-refractivity contribution in [1.29, 1.82) is 0 Å². The summed E-state index contributed by atoms with van der Waals surface area (Å²) in [6.07, 6.45) is 1.02. The molecule has 6 rings (SSSR count). The van der Waals surface area contributed by atoms with Crippen LogP contribution < -0.4 is 5.32 Å². The monoisotopic (exact) mass is 761 g/mol. The fraction of sp³-hybridized carbons (Fsp3) is 0.0303. The minimum Gasteiger partial charge on any atom is -0.322 e. The molecule has 19 heteroatoms. The number of fused-ring (bicyclic) bond motifs is 2. The van der Waals surface area contributed by atoms with Gasteiger partial charge in [-0.1, -0.05) is 30.3 Å². The van der Waals surface area contributed by atoms with Crippen LogP contribution in [0.4, 0.5) is 22.7 Å². The van der Waals surface area contributed by atoms with Gasteiger partial charge < -0.3 is 5.32 Å². The first-order chi connectivity index (χ1) is 24.5. The Morgan fingerprint density at radius 2 is 1.23 bits per heavy atom. The number of rotatable bonds is 9. The number of nitrogens with zero attached hydrogens (tertiary/aromatic N) is 4. The molecule has 0 saturated heterocycles. The average molecular weight is 762 g/mol. The molecule has 0 heterocycles. The molecule has 1 amide bonds. The third-order valence-corrected chi connectivity index (χ3v) is 10.2. The third-order valence-electron chi connectivity index (χ3n) is 7.60. The van der Waals surface area contributed by atoms with Gasteiger partial charge >= 0.3 is 0 Å². The molecule has 0 aromatic heterocycles. The summed E-state index contributed by atoms with van der Waals surface area (Å²) in [6, 6.07) is 22.4. The Morgan fingerprint density at radius 3 is 1.87 bits per heavy atom. The van der Waals surface area contributed by atoms with E-state index in [-0.39, 0.29) is 38.8 Å². The van der Waals surface area contributed by atoms with Gasteiger partial charge in [-0.2, -0.15) is 45.7 Å². The van der Waals surface area contributed by atoms with Gasteiger partial charge in [-0.15, -0.1) is 0 Å². The van der Waals surface area contributed by atoms with Crippen molar-refractivity contribution in [2.24, 2.45) is 20.5 Å². The van der Waals surface area contributed by atoms with Gasteiger partial charge in [0.25, 0.3) is 36.3 Å². The number of azo groups is 2. The summed E-state index contributed by atoms with van der Waals surface area (Å²) in [5.74, 6) is -0.974. The van der Waals surface area contributed by atoms with Crippen molar-refractivity contribution >= 4 is 80.5 Å². The number of amides is 1. The number of Topliss-reactive ketones (excluding diaryl/α,β-unsaturated/α-hetero) is 1. The number of benzene rings is 5. The topological polar surface area (TPSA) is 259 Å². The summed E-state index contributed by atoms with van der Waals surface area (Å²) in [4.78, 5) is 23.8. The van der Waals surface area contributed by atoms with E-state index in [0.717, 1.165) is 12.1 Å². The maximum absolute atomic E-state index is 12.9. The highest BCUT2D eigenvalue weighted by molar-refractivity contribution is 7.95. The summed E-state index contributed by atoms with van der Waals surface area (Å²) in [6.45, 7) is 0. The zero-order valence-electron chi connectivity index (χ0n) is 26.1. The van der Waals surface area contributed by atoms with Gasteiger partial charge in [0, 0.05) is 27.8 Å². The van der Waals surface area contributed by atoms with Gasteiger partial charge in [-0.05, 0) is 84.3 Å². The highest BCUT2D eigenvalue weighted by Gasteiger charge is 2.32. The van der Waals surface area contributed by atoms with Crippen LogP contribution in [-0.4, -0.2) is 56.6 Å². The van der Waals surface area contributed by atoms with E-state index >= 15 is 0 Å². The molecule has 1 atom stereocenters. The van der Waals surface area contributed by atoms with Crippen molar-refractivity contribution in [2.75, 3.05) is 5.32 Å². The SMILES string of the molecule is O=C(Nc1ccc(/N=N/c2ccc3cc(S(=O)(=O)O)cc(S(=O)(=O)O)c3c2)cc1)c1ccc(/N=N/C2C=C(S(=O)(=O)O)c3ccccc3C2=O)cc1. The Morgan fingerprint density at radius 1 is 0.635 bits per heavy atom. The lowest BCUT2D eigenvalue weighted by Crippen LogP contribution is -2.24. The van der Waals surface area contributed by atoms with E-state index in [2.05, 4.69) is 25.8 Å². The minimum absolute atomic E-state index is 0.0580. The van der Waals surface area contributed by atoms with Crippen LogP contribution in [0.15, 0.2) is 139 Å². The molecule has 5 aromatic rings.